The fourth-order valence-corrected chi connectivity index (χ4v) is 3.73. The zero-order valence-electron chi connectivity index (χ0n) is 12.6. The molecule has 0 N–H and O–H groups in total. The summed E-state index contributed by atoms with van der Waals surface area (Å²) in [5.41, 5.74) is 1.20. The number of rotatable bonds is 3. The van der Waals surface area contributed by atoms with Gasteiger partial charge in [0, 0.05) is 37.9 Å². The lowest BCUT2D eigenvalue weighted by atomic mass is 9.92. The number of pyridine rings is 1. The molecule has 6 heteroatoms. The zero-order valence-corrected chi connectivity index (χ0v) is 12.6. The van der Waals surface area contributed by atoms with E-state index in [4.69, 9.17) is 9.57 Å². The molecule has 118 valence electrons. The maximum absolute atomic E-state index is 12.5. The van der Waals surface area contributed by atoms with Gasteiger partial charge in [-0.2, -0.15) is 0 Å². The Balaban J connectivity index is 1.39. The summed E-state index contributed by atoms with van der Waals surface area (Å²) >= 11 is 0. The van der Waals surface area contributed by atoms with E-state index in [1.54, 1.807) is 11.3 Å². The van der Waals surface area contributed by atoms with Gasteiger partial charge in [-0.15, -0.1) is 0 Å². The lowest BCUT2D eigenvalue weighted by Gasteiger charge is -2.22. The quantitative estimate of drug-likeness (QED) is 0.822. The third-order valence-electron chi connectivity index (χ3n) is 4.84. The van der Waals surface area contributed by atoms with Crippen LogP contribution >= 0.6 is 0 Å². The number of hydroxylamine groups is 2. The van der Waals surface area contributed by atoms with Crippen LogP contribution in [0.1, 0.15) is 12.0 Å². The molecule has 1 amide bonds. The summed E-state index contributed by atoms with van der Waals surface area (Å²) in [6, 6.07) is 4.04. The minimum absolute atomic E-state index is 0.0537. The Morgan fingerprint density at radius 3 is 3.14 bits per heavy atom. The Morgan fingerprint density at radius 1 is 1.41 bits per heavy atom. The van der Waals surface area contributed by atoms with E-state index in [0.717, 1.165) is 26.1 Å². The van der Waals surface area contributed by atoms with Gasteiger partial charge in [0.2, 0.25) is 0 Å². The number of carbonyl (C=O) groups is 1. The summed E-state index contributed by atoms with van der Waals surface area (Å²) in [4.78, 5) is 24.5. The minimum atomic E-state index is -0.0537. The molecule has 3 fully saturated rings. The average Bonchev–Trinajstić information content (AvgIpc) is 3.24. The first-order chi connectivity index (χ1) is 10.8. The number of nitrogens with zero attached hydrogens (tertiary/aromatic N) is 3. The number of hydrogen-bond acceptors (Lipinski definition) is 5. The van der Waals surface area contributed by atoms with E-state index in [2.05, 4.69) is 16.0 Å². The molecular formula is C16H21N3O3. The van der Waals surface area contributed by atoms with Crippen LogP contribution in [0.2, 0.25) is 0 Å². The van der Waals surface area contributed by atoms with Crippen LogP contribution in [-0.2, 0) is 20.9 Å². The van der Waals surface area contributed by atoms with E-state index in [1.807, 2.05) is 12.3 Å². The van der Waals surface area contributed by atoms with E-state index in [-0.39, 0.29) is 23.8 Å². The summed E-state index contributed by atoms with van der Waals surface area (Å²) in [5, 5.41) is 1.54. The predicted octanol–water partition coefficient (Wildman–Crippen LogP) is 0.692. The average molecular weight is 303 g/mol. The summed E-state index contributed by atoms with van der Waals surface area (Å²) in [5.74, 6) is 0.337. The highest BCUT2D eigenvalue weighted by molar-refractivity contribution is 5.79. The van der Waals surface area contributed by atoms with E-state index in [1.165, 1.54) is 5.56 Å². The molecule has 3 atom stereocenters. The molecule has 4 rings (SSSR count). The largest absolute Gasteiger partial charge is 0.376 e. The van der Waals surface area contributed by atoms with Crippen LogP contribution in [0, 0.1) is 11.8 Å². The molecule has 4 heterocycles. The van der Waals surface area contributed by atoms with Crippen molar-refractivity contribution >= 4 is 5.91 Å². The van der Waals surface area contributed by atoms with Crippen molar-refractivity contribution in [3.05, 3.63) is 30.1 Å². The van der Waals surface area contributed by atoms with Gasteiger partial charge in [-0.1, -0.05) is 6.07 Å². The lowest BCUT2D eigenvalue weighted by Crippen LogP contribution is -2.38. The van der Waals surface area contributed by atoms with Crippen molar-refractivity contribution in [3.8, 4) is 0 Å². The van der Waals surface area contributed by atoms with Gasteiger partial charge in [-0.25, -0.2) is 5.06 Å². The van der Waals surface area contributed by atoms with Crippen LogP contribution in [0.5, 0.6) is 0 Å². The van der Waals surface area contributed by atoms with Gasteiger partial charge >= 0.3 is 0 Å². The molecule has 0 radical (unpaired) electrons. The lowest BCUT2D eigenvalue weighted by molar-refractivity contribution is -0.174. The SMILES string of the molecule is O=C([C@H]1CO[C@@H]2CN(Cc3cccnc3)C[C@H]12)N1CCCO1. The van der Waals surface area contributed by atoms with Gasteiger partial charge < -0.3 is 4.74 Å². The van der Waals surface area contributed by atoms with E-state index in [9.17, 15) is 4.79 Å². The number of likely N-dealkylation sites (tertiary alicyclic amines) is 1. The number of carbonyl (C=O) groups excluding carboxylic acids is 1. The van der Waals surface area contributed by atoms with E-state index >= 15 is 0 Å². The molecule has 1 aromatic rings. The third kappa shape index (κ3) is 2.62. The van der Waals surface area contributed by atoms with Crippen LogP contribution in [0.25, 0.3) is 0 Å². The standard InChI is InChI=1S/C16H21N3O3/c20-16(19-5-2-6-22-19)14-11-21-15-10-18(9-13(14)15)8-12-3-1-4-17-7-12/h1,3-4,7,13-15H,2,5-6,8-11H2/t13-,14+,15-/m1/s1. The maximum atomic E-state index is 12.5. The molecule has 22 heavy (non-hydrogen) atoms. The Kier molecular flexibility index (Phi) is 3.82. The van der Waals surface area contributed by atoms with Gasteiger partial charge in [-0.3, -0.25) is 19.5 Å². The normalized spacial score (nSPS) is 31.6. The number of hydrogen-bond donors (Lipinski definition) is 0. The second kappa shape index (κ2) is 5.95. The van der Waals surface area contributed by atoms with E-state index in [0.29, 0.717) is 19.8 Å². The highest BCUT2D eigenvalue weighted by Crippen LogP contribution is 2.35. The van der Waals surface area contributed by atoms with Crippen LogP contribution < -0.4 is 0 Å². The molecule has 0 unspecified atom stereocenters. The van der Waals surface area contributed by atoms with Crippen molar-refractivity contribution in [2.45, 2.75) is 19.1 Å². The summed E-state index contributed by atoms with van der Waals surface area (Å²) in [6.07, 6.45) is 4.79. The Hall–Kier alpha value is -1.50. The first kappa shape index (κ1) is 14.1. The monoisotopic (exact) mass is 303 g/mol. The first-order valence-corrected chi connectivity index (χ1v) is 7.98. The van der Waals surface area contributed by atoms with Crippen molar-refractivity contribution in [2.75, 3.05) is 32.8 Å². The van der Waals surface area contributed by atoms with Crippen molar-refractivity contribution < 1.29 is 14.4 Å². The second-order valence-electron chi connectivity index (χ2n) is 6.32. The molecule has 0 saturated carbocycles. The van der Waals surface area contributed by atoms with Gasteiger partial charge in [-0.05, 0) is 18.1 Å². The van der Waals surface area contributed by atoms with Crippen LogP contribution in [0.4, 0.5) is 0 Å². The molecule has 3 saturated heterocycles. The number of amides is 1. The van der Waals surface area contributed by atoms with E-state index < -0.39 is 0 Å². The van der Waals surface area contributed by atoms with Gasteiger partial charge in [0.1, 0.15) is 0 Å². The van der Waals surface area contributed by atoms with Crippen LogP contribution in [-0.4, -0.2) is 59.8 Å². The van der Waals surface area contributed by atoms with Gasteiger partial charge in [0.05, 0.1) is 31.8 Å². The first-order valence-electron chi connectivity index (χ1n) is 7.98. The zero-order chi connectivity index (χ0) is 14.9. The summed E-state index contributed by atoms with van der Waals surface area (Å²) in [6.45, 7) is 4.57. The van der Waals surface area contributed by atoms with Crippen LogP contribution in [0.3, 0.4) is 0 Å². The summed E-state index contributed by atoms with van der Waals surface area (Å²) in [7, 11) is 0. The fraction of sp³-hybridized carbons (Fsp3) is 0.625. The molecule has 1 aromatic heterocycles. The van der Waals surface area contributed by atoms with Gasteiger partial charge in [0.15, 0.2) is 0 Å². The molecule has 6 nitrogen and oxygen atoms in total. The molecule has 3 aliphatic rings. The van der Waals surface area contributed by atoms with Crippen molar-refractivity contribution in [3.63, 3.8) is 0 Å². The van der Waals surface area contributed by atoms with Crippen molar-refractivity contribution in [1.82, 2.24) is 14.9 Å². The molecule has 0 spiro atoms. The highest BCUT2D eigenvalue weighted by atomic mass is 16.7. The summed E-state index contributed by atoms with van der Waals surface area (Å²) < 4.78 is 5.88. The number of ether oxygens (including phenoxy) is 1. The number of aromatic nitrogens is 1. The topological polar surface area (TPSA) is 54.9 Å². The number of fused-ring (bicyclic) bond motifs is 1. The van der Waals surface area contributed by atoms with Crippen molar-refractivity contribution in [2.24, 2.45) is 11.8 Å². The molecule has 0 aliphatic carbocycles. The molecular weight excluding hydrogens is 282 g/mol. The fourth-order valence-electron chi connectivity index (χ4n) is 3.73. The third-order valence-corrected chi connectivity index (χ3v) is 4.84. The molecule has 0 aromatic carbocycles. The Bertz CT molecular complexity index is 533. The predicted molar refractivity (Wildman–Crippen MR) is 78.5 cm³/mol. The minimum Gasteiger partial charge on any atom is -0.376 e. The molecule has 3 aliphatic heterocycles. The smallest absolute Gasteiger partial charge is 0.251 e. The highest BCUT2D eigenvalue weighted by Gasteiger charge is 2.48. The molecule has 0 bridgehead atoms. The van der Waals surface area contributed by atoms with Crippen molar-refractivity contribution in [1.29, 1.82) is 0 Å². The van der Waals surface area contributed by atoms with Crippen LogP contribution in [0.15, 0.2) is 24.5 Å². The van der Waals surface area contributed by atoms with Gasteiger partial charge in [0.25, 0.3) is 5.91 Å². The maximum Gasteiger partial charge on any atom is 0.251 e. The second-order valence-corrected chi connectivity index (χ2v) is 6.32. The Morgan fingerprint density at radius 2 is 2.36 bits per heavy atom. The Labute approximate surface area is 130 Å².